The average molecular weight is 300 g/mol. The molecule has 0 saturated carbocycles. The van der Waals surface area contributed by atoms with Crippen molar-refractivity contribution in [2.24, 2.45) is 0 Å². The van der Waals surface area contributed by atoms with E-state index in [1.165, 1.54) is 0 Å². The number of anilines is 1. The number of amides is 1. The van der Waals surface area contributed by atoms with Crippen molar-refractivity contribution in [3.05, 3.63) is 46.1 Å². The van der Waals surface area contributed by atoms with Gasteiger partial charge in [-0.05, 0) is 26.0 Å². The van der Waals surface area contributed by atoms with E-state index in [4.69, 9.17) is 11.6 Å². The highest BCUT2D eigenvalue weighted by molar-refractivity contribution is 6.34. The standard InChI is InChI=1S/C13H12ClF2N3O/c1-3-19-12(4-7(2)18-19)17-13(20)8-5-10(15)11(16)6-9(8)14/h4-6H,3H2,1-2H3,(H,17,20). The Bertz CT molecular complexity index is 670. The van der Waals surface area contributed by atoms with E-state index in [2.05, 4.69) is 10.4 Å². The number of carbonyl (C=O) groups excluding carboxylic acids is 1. The molecule has 106 valence electrons. The van der Waals surface area contributed by atoms with Crippen molar-refractivity contribution in [1.29, 1.82) is 0 Å². The third-order valence-electron chi connectivity index (χ3n) is 2.70. The van der Waals surface area contributed by atoms with Gasteiger partial charge >= 0.3 is 0 Å². The van der Waals surface area contributed by atoms with Crippen LogP contribution < -0.4 is 5.32 Å². The summed E-state index contributed by atoms with van der Waals surface area (Å²) in [5.74, 6) is -2.37. The van der Waals surface area contributed by atoms with Crippen LogP contribution in [0, 0.1) is 18.6 Å². The van der Waals surface area contributed by atoms with Crippen molar-refractivity contribution >= 4 is 23.3 Å². The maximum absolute atomic E-state index is 13.2. The van der Waals surface area contributed by atoms with E-state index in [-0.39, 0.29) is 10.6 Å². The van der Waals surface area contributed by atoms with Crippen LogP contribution in [0.5, 0.6) is 0 Å². The number of nitrogens with zero attached hydrogens (tertiary/aromatic N) is 2. The molecular weight excluding hydrogens is 288 g/mol. The first-order valence-electron chi connectivity index (χ1n) is 5.92. The van der Waals surface area contributed by atoms with Crippen molar-refractivity contribution in [3.8, 4) is 0 Å². The fourth-order valence-electron chi connectivity index (χ4n) is 1.77. The highest BCUT2D eigenvalue weighted by Gasteiger charge is 2.16. The molecule has 2 rings (SSSR count). The molecule has 1 heterocycles. The van der Waals surface area contributed by atoms with Gasteiger partial charge in [-0.15, -0.1) is 0 Å². The SMILES string of the molecule is CCn1nc(C)cc1NC(=O)c1cc(F)c(F)cc1Cl. The maximum atomic E-state index is 13.2. The third-order valence-corrected chi connectivity index (χ3v) is 3.01. The van der Waals surface area contributed by atoms with Gasteiger partial charge in [-0.2, -0.15) is 5.10 Å². The number of aromatic nitrogens is 2. The summed E-state index contributed by atoms with van der Waals surface area (Å²) in [7, 11) is 0. The van der Waals surface area contributed by atoms with Gasteiger partial charge in [0.15, 0.2) is 11.6 Å². The van der Waals surface area contributed by atoms with Gasteiger partial charge in [-0.1, -0.05) is 11.6 Å². The lowest BCUT2D eigenvalue weighted by Crippen LogP contribution is -2.16. The van der Waals surface area contributed by atoms with Gasteiger partial charge in [0, 0.05) is 12.6 Å². The van der Waals surface area contributed by atoms with Crippen LogP contribution in [0.1, 0.15) is 23.0 Å². The largest absolute Gasteiger partial charge is 0.307 e. The van der Waals surface area contributed by atoms with E-state index in [0.29, 0.717) is 12.4 Å². The Hall–Kier alpha value is -1.95. The number of benzene rings is 1. The Kier molecular flexibility index (Phi) is 4.04. The van der Waals surface area contributed by atoms with E-state index in [9.17, 15) is 13.6 Å². The molecule has 1 amide bonds. The van der Waals surface area contributed by atoms with Crippen LogP contribution in [0.2, 0.25) is 5.02 Å². The van der Waals surface area contributed by atoms with Gasteiger partial charge in [0.05, 0.1) is 16.3 Å². The average Bonchev–Trinajstić information content (AvgIpc) is 2.73. The van der Waals surface area contributed by atoms with Gasteiger partial charge < -0.3 is 5.32 Å². The van der Waals surface area contributed by atoms with E-state index in [0.717, 1.165) is 17.8 Å². The molecule has 0 aliphatic carbocycles. The topological polar surface area (TPSA) is 46.9 Å². The number of nitrogens with one attached hydrogen (secondary N) is 1. The maximum Gasteiger partial charge on any atom is 0.258 e. The number of aryl methyl sites for hydroxylation is 2. The molecule has 20 heavy (non-hydrogen) atoms. The number of carbonyl (C=O) groups is 1. The smallest absolute Gasteiger partial charge is 0.258 e. The molecule has 0 aliphatic heterocycles. The Morgan fingerprint density at radius 2 is 2.00 bits per heavy atom. The molecule has 0 bridgehead atoms. The zero-order chi connectivity index (χ0) is 14.9. The van der Waals surface area contributed by atoms with E-state index in [1.54, 1.807) is 17.7 Å². The number of rotatable bonds is 3. The lowest BCUT2D eigenvalue weighted by atomic mass is 10.2. The second kappa shape index (κ2) is 5.58. The number of halogens is 3. The van der Waals surface area contributed by atoms with Crippen LogP contribution >= 0.6 is 11.6 Å². The minimum Gasteiger partial charge on any atom is -0.307 e. The van der Waals surface area contributed by atoms with Crippen molar-refractivity contribution in [1.82, 2.24) is 9.78 Å². The molecule has 0 fully saturated rings. The Morgan fingerprint density at radius 1 is 1.35 bits per heavy atom. The Morgan fingerprint density at radius 3 is 2.65 bits per heavy atom. The molecule has 1 aromatic heterocycles. The molecule has 4 nitrogen and oxygen atoms in total. The monoisotopic (exact) mass is 299 g/mol. The first-order chi connectivity index (χ1) is 9.42. The predicted octanol–water partition coefficient (Wildman–Crippen LogP) is 3.40. The summed E-state index contributed by atoms with van der Waals surface area (Å²) in [5, 5.41) is 6.59. The fourth-order valence-corrected chi connectivity index (χ4v) is 2.00. The lowest BCUT2D eigenvalue weighted by molar-refractivity contribution is 0.102. The number of hydrogen-bond donors (Lipinski definition) is 1. The number of hydrogen-bond acceptors (Lipinski definition) is 2. The summed E-state index contributed by atoms with van der Waals surface area (Å²) in [6.45, 7) is 4.22. The Labute approximate surface area is 119 Å². The highest BCUT2D eigenvalue weighted by Crippen LogP contribution is 2.21. The molecule has 2 aromatic rings. The Balaban J connectivity index is 2.30. The first-order valence-corrected chi connectivity index (χ1v) is 6.30. The third kappa shape index (κ3) is 2.80. The summed E-state index contributed by atoms with van der Waals surface area (Å²) >= 11 is 5.75. The van der Waals surface area contributed by atoms with Crippen LogP contribution in [-0.4, -0.2) is 15.7 Å². The normalized spacial score (nSPS) is 10.7. The molecular formula is C13H12ClF2N3O. The summed E-state index contributed by atoms with van der Waals surface area (Å²) in [4.78, 5) is 12.1. The van der Waals surface area contributed by atoms with Gasteiger partial charge in [-0.25, -0.2) is 13.5 Å². The van der Waals surface area contributed by atoms with E-state index >= 15 is 0 Å². The van der Waals surface area contributed by atoms with Crippen LogP contribution in [0.25, 0.3) is 0 Å². The van der Waals surface area contributed by atoms with Gasteiger partial charge in [-0.3, -0.25) is 4.79 Å². The summed E-state index contributed by atoms with van der Waals surface area (Å²) in [6.07, 6.45) is 0. The fraction of sp³-hybridized carbons (Fsp3) is 0.231. The summed E-state index contributed by atoms with van der Waals surface area (Å²) in [6, 6.07) is 3.22. The predicted molar refractivity (Wildman–Crippen MR) is 72.0 cm³/mol. The van der Waals surface area contributed by atoms with Crippen LogP contribution in [0.15, 0.2) is 18.2 Å². The van der Waals surface area contributed by atoms with Gasteiger partial charge in [0.2, 0.25) is 0 Å². The molecule has 0 atom stereocenters. The minimum absolute atomic E-state index is 0.132. The second-order valence-corrected chi connectivity index (χ2v) is 4.59. The molecule has 7 heteroatoms. The van der Waals surface area contributed by atoms with Crippen molar-refractivity contribution in [2.45, 2.75) is 20.4 Å². The molecule has 0 unspecified atom stereocenters. The van der Waals surface area contributed by atoms with Crippen LogP contribution in [-0.2, 0) is 6.54 Å². The van der Waals surface area contributed by atoms with Crippen LogP contribution in [0.4, 0.5) is 14.6 Å². The van der Waals surface area contributed by atoms with E-state index < -0.39 is 17.5 Å². The second-order valence-electron chi connectivity index (χ2n) is 4.19. The van der Waals surface area contributed by atoms with Crippen molar-refractivity contribution in [3.63, 3.8) is 0 Å². The van der Waals surface area contributed by atoms with Gasteiger partial charge in [0.1, 0.15) is 5.82 Å². The molecule has 0 radical (unpaired) electrons. The zero-order valence-corrected chi connectivity index (χ0v) is 11.6. The van der Waals surface area contributed by atoms with Gasteiger partial charge in [0.25, 0.3) is 5.91 Å². The molecule has 1 N–H and O–H groups in total. The zero-order valence-electron chi connectivity index (χ0n) is 10.9. The quantitative estimate of drug-likeness (QED) is 0.883. The van der Waals surface area contributed by atoms with E-state index in [1.807, 2.05) is 6.92 Å². The van der Waals surface area contributed by atoms with Crippen LogP contribution in [0.3, 0.4) is 0 Å². The van der Waals surface area contributed by atoms with Crippen molar-refractivity contribution < 1.29 is 13.6 Å². The molecule has 0 aliphatic rings. The minimum atomic E-state index is -1.13. The van der Waals surface area contributed by atoms with Crippen molar-refractivity contribution in [2.75, 3.05) is 5.32 Å². The summed E-state index contributed by atoms with van der Waals surface area (Å²) < 4.78 is 27.7. The first kappa shape index (κ1) is 14.5. The molecule has 0 spiro atoms. The molecule has 0 saturated heterocycles. The lowest BCUT2D eigenvalue weighted by Gasteiger charge is -2.08. The highest BCUT2D eigenvalue weighted by atomic mass is 35.5. The summed E-state index contributed by atoms with van der Waals surface area (Å²) in [5.41, 5.74) is 0.602. The molecule has 1 aromatic carbocycles.